The summed E-state index contributed by atoms with van der Waals surface area (Å²) in [4.78, 5) is 0. The van der Waals surface area contributed by atoms with Crippen LogP contribution in [0.1, 0.15) is 84.5 Å². The number of rotatable bonds is 15. The van der Waals surface area contributed by atoms with Gasteiger partial charge in [0.15, 0.2) is 5.79 Å². The maximum atomic E-state index is 5.82. The van der Waals surface area contributed by atoms with E-state index < -0.39 is 5.79 Å². The fourth-order valence-corrected chi connectivity index (χ4v) is 3.29. The second-order valence-corrected chi connectivity index (χ2v) is 6.15. The Kier molecular flexibility index (Phi) is 13.5. The molecule has 1 unspecified atom stereocenters. The van der Waals surface area contributed by atoms with E-state index in [4.69, 9.17) is 15.2 Å². The van der Waals surface area contributed by atoms with Gasteiger partial charge in [-0.2, -0.15) is 0 Å². The van der Waals surface area contributed by atoms with Crippen molar-refractivity contribution in [1.82, 2.24) is 0 Å². The number of hydrogen-bond donors (Lipinski definition) is 1. The highest BCUT2D eigenvalue weighted by Crippen LogP contribution is 2.35. The van der Waals surface area contributed by atoms with Crippen LogP contribution < -0.4 is 5.73 Å². The molecule has 0 aliphatic heterocycles. The van der Waals surface area contributed by atoms with Crippen LogP contribution in [0.3, 0.4) is 0 Å². The molecule has 0 rings (SSSR count). The van der Waals surface area contributed by atoms with Gasteiger partial charge < -0.3 is 15.2 Å². The molecule has 2 N–H and O–H groups in total. The lowest BCUT2D eigenvalue weighted by Crippen LogP contribution is -2.42. The first-order valence-corrected chi connectivity index (χ1v) is 9.01. The summed E-state index contributed by atoms with van der Waals surface area (Å²) < 4.78 is 11.6. The highest BCUT2D eigenvalue weighted by atomic mass is 16.7. The maximum Gasteiger partial charge on any atom is 0.170 e. The van der Waals surface area contributed by atoms with Crippen LogP contribution in [0.2, 0.25) is 0 Å². The van der Waals surface area contributed by atoms with Gasteiger partial charge in [-0.3, -0.25) is 0 Å². The van der Waals surface area contributed by atoms with Crippen molar-refractivity contribution >= 4 is 0 Å². The predicted octanol–water partition coefficient (Wildman–Crippen LogP) is 4.88. The lowest BCUT2D eigenvalue weighted by Gasteiger charge is -2.38. The fourth-order valence-electron chi connectivity index (χ4n) is 3.29. The van der Waals surface area contributed by atoms with Gasteiger partial charge in [-0.1, -0.05) is 58.8 Å². The van der Waals surface area contributed by atoms with Gasteiger partial charge in [-0.05, 0) is 25.8 Å². The molecular formula is C18H39NO2. The molecule has 128 valence electrons. The van der Waals surface area contributed by atoms with E-state index in [1.165, 1.54) is 44.9 Å². The monoisotopic (exact) mass is 301 g/mol. The molecule has 0 amide bonds. The summed E-state index contributed by atoms with van der Waals surface area (Å²) in [5.74, 6) is 0.0510. The lowest BCUT2D eigenvalue weighted by atomic mass is 9.85. The van der Waals surface area contributed by atoms with Crippen LogP contribution in [-0.4, -0.2) is 26.6 Å². The van der Waals surface area contributed by atoms with E-state index in [2.05, 4.69) is 13.8 Å². The molecule has 0 aromatic rings. The van der Waals surface area contributed by atoms with Gasteiger partial charge >= 0.3 is 0 Å². The second-order valence-electron chi connectivity index (χ2n) is 6.15. The highest BCUT2D eigenvalue weighted by molar-refractivity contribution is 4.79. The number of hydrogen-bond acceptors (Lipinski definition) is 3. The molecule has 0 bridgehead atoms. The van der Waals surface area contributed by atoms with Crippen molar-refractivity contribution in [2.75, 3.05) is 20.8 Å². The average molecular weight is 302 g/mol. The molecule has 3 heteroatoms. The van der Waals surface area contributed by atoms with Crippen LogP contribution in [-0.2, 0) is 9.47 Å². The SMILES string of the molecule is CCCCCCCCC(CCCN)C(CCC)(OC)OC. The zero-order valence-corrected chi connectivity index (χ0v) is 15.0. The summed E-state index contributed by atoms with van der Waals surface area (Å²) in [7, 11) is 3.58. The predicted molar refractivity (Wildman–Crippen MR) is 91.4 cm³/mol. The number of ether oxygens (including phenoxy) is 2. The Morgan fingerprint density at radius 2 is 1.38 bits per heavy atom. The summed E-state index contributed by atoms with van der Waals surface area (Å²) in [6.07, 6.45) is 13.4. The Morgan fingerprint density at radius 1 is 0.810 bits per heavy atom. The van der Waals surface area contributed by atoms with Crippen molar-refractivity contribution in [2.24, 2.45) is 11.7 Å². The van der Waals surface area contributed by atoms with E-state index in [1.54, 1.807) is 14.2 Å². The van der Waals surface area contributed by atoms with Gasteiger partial charge in [0, 0.05) is 26.6 Å². The maximum absolute atomic E-state index is 5.82. The van der Waals surface area contributed by atoms with E-state index in [1.807, 2.05) is 0 Å². The average Bonchev–Trinajstić information content (AvgIpc) is 2.51. The van der Waals surface area contributed by atoms with Crippen molar-refractivity contribution in [1.29, 1.82) is 0 Å². The summed E-state index contributed by atoms with van der Waals surface area (Å²) in [5.41, 5.74) is 5.71. The molecule has 0 spiro atoms. The minimum absolute atomic E-state index is 0.409. The zero-order chi connectivity index (χ0) is 16.0. The molecule has 0 aliphatic carbocycles. The van der Waals surface area contributed by atoms with Crippen LogP contribution in [0.4, 0.5) is 0 Å². The molecule has 0 aliphatic rings. The highest BCUT2D eigenvalue weighted by Gasteiger charge is 2.37. The molecule has 0 aromatic heterocycles. The van der Waals surface area contributed by atoms with Crippen LogP contribution in [0.25, 0.3) is 0 Å². The van der Waals surface area contributed by atoms with Gasteiger partial charge in [0.1, 0.15) is 0 Å². The van der Waals surface area contributed by atoms with E-state index in [9.17, 15) is 0 Å². The van der Waals surface area contributed by atoms with Crippen molar-refractivity contribution in [2.45, 2.75) is 90.3 Å². The zero-order valence-electron chi connectivity index (χ0n) is 15.0. The Labute approximate surface area is 133 Å². The van der Waals surface area contributed by atoms with E-state index in [0.717, 1.165) is 32.2 Å². The minimum atomic E-state index is -0.409. The molecule has 0 aromatic carbocycles. The lowest BCUT2D eigenvalue weighted by molar-refractivity contribution is -0.247. The van der Waals surface area contributed by atoms with Crippen molar-refractivity contribution in [3.8, 4) is 0 Å². The van der Waals surface area contributed by atoms with Crippen molar-refractivity contribution < 1.29 is 9.47 Å². The first-order chi connectivity index (χ1) is 10.2. The van der Waals surface area contributed by atoms with Gasteiger partial charge in [-0.25, -0.2) is 0 Å². The molecule has 0 heterocycles. The van der Waals surface area contributed by atoms with Crippen molar-refractivity contribution in [3.63, 3.8) is 0 Å². The minimum Gasteiger partial charge on any atom is -0.353 e. The smallest absolute Gasteiger partial charge is 0.170 e. The van der Waals surface area contributed by atoms with E-state index in [0.29, 0.717) is 5.92 Å². The number of methoxy groups -OCH3 is 2. The summed E-state index contributed by atoms with van der Waals surface area (Å²) >= 11 is 0. The van der Waals surface area contributed by atoms with Crippen LogP contribution in [0, 0.1) is 5.92 Å². The largest absolute Gasteiger partial charge is 0.353 e. The van der Waals surface area contributed by atoms with Crippen LogP contribution in [0.5, 0.6) is 0 Å². The topological polar surface area (TPSA) is 44.5 Å². The van der Waals surface area contributed by atoms with Gasteiger partial charge in [0.2, 0.25) is 0 Å². The molecule has 1 atom stereocenters. The first kappa shape index (κ1) is 20.9. The van der Waals surface area contributed by atoms with Crippen LogP contribution >= 0.6 is 0 Å². The van der Waals surface area contributed by atoms with Crippen LogP contribution in [0.15, 0.2) is 0 Å². The van der Waals surface area contributed by atoms with Gasteiger partial charge in [0.25, 0.3) is 0 Å². The molecule has 21 heavy (non-hydrogen) atoms. The number of unbranched alkanes of at least 4 members (excludes halogenated alkanes) is 5. The Morgan fingerprint density at radius 3 is 1.90 bits per heavy atom. The normalized spacial score (nSPS) is 13.6. The molecule has 0 saturated heterocycles. The fraction of sp³-hybridized carbons (Fsp3) is 1.00. The third kappa shape index (κ3) is 8.18. The standard InChI is InChI=1S/C18H39NO2/c1-5-7-8-9-10-11-13-17(14-12-16-19)18(20-3,21-4)15-6-2/h17H,5-16,19H2,1-4H3. The summed E-state index contributed by atoms with van der Waals surface area (Å²) in [5, 5.41) is 0. The summed E-state index contributed by atoms with van der Waals surface area (Å²) in [6, 6.07) is 0. The van der Waals surface area contributed by atoms with Crippen molar-refractivity contribution in [3.05, 3.63) is 0 Å². The third-order valence-corrected chi connectivity index (χ3v) is 4.57. The Hall–Kier alpha value is -0.120. The quantitative estimate of drug-likeness (QED) is 0.346. The van der Waals surface area contributed by atoms with Gasteiger partial charge in [-0.15, -0.1) is 0 Å². The van der Waals surface area contributed by atoms with Gasteiger partial charge in [0.05, 0.1) is 0 Å². The van der Waals surface area contributed by atoms with E-state index >= 15 is 0 Å². The first-order valence-electron chi connectivity index (χ1n) is 9.01. The number of nitrogens with two attached hydrogens (primary N) is 1. The molecule has 0 radical (unpaired) electrons. The van der Waals surface area contributed by atoms with E-state index in [-0.39, 0.29) is 0 Å². The summed E-state index contributed by atoms with van der Waals surface area (Å²) in [6.45, 7) is 5.21. The third-order valence-electron chi connectivity index (χ3n) is 4.57. The molecule has 3 nitrogen and oxygen atoms in total. The Bertz CT molecular complexity index is 217. The molecule has 0 saturated carbocycles. The Balaban J connectivity index is 4.39. The molecule has 0 fully saturated rings. The second kappa shape index (κ2) is 13.5. The molecular weight excluding hydrogens is 262 g/mol.